The Balaban J connectivity index is 1.65. The van der Waals surface area contributed by atoms with Crippen LogP contribution in [-0.4, -0.2) is 35.6 Å². The van der Waals surface area contributed by atoms with E-state index in [2.05, 4.69) is 5.32 Å². The lowest BCUT2D eigenvalue weighted by Gasteiger charge is -2.38. The minimum Gasteiger partial charge on any atom is -0.480 e. The van der Waals surface area contributed by atoms with Gasteiger partial charge in [0.15, 0.2) is 0 Å². The Morgan fingerprint density at radius 2 is 2.05 bits per heavy atom. The number of carbonyl (C=O) groups is 2. The Morgan fingerprint density at radius 1 is 1.30 bits per heavy atom. The zero-order valence-corrected chi connectivity index (χ0v) is 11.3. The summed E-state index contributed by atoms with van der Waals surface area (Å²) in [6.07, 6.45) is 2.98. The van der Waals surface area contributed by atoms with Crippen molar-refractivity contribution in [3.8, 4) is 0 Å². The summed E-state index contributed by atoms with van der Waals surface area (Å²) in [7, 11) is 0. The van der Waals surface area contributed by atoms with Crippen molar-refractivity contribution in [3.63, 3.8) is 0 Å². The van der Waals surface area contributed by atoms with E-state index in [0.29, 0.717) is 19.4 Å². The van der Waals surface area contributed by atoms with Crippen molar-refractivity contribution in [1.29, 1.82) is 0 Å². The molecule has 20 heavy (non-hydrogen) atoms. The number of para-hydroxylation sites is 1. The topological polar surface area (TPSA) is 69.6 Å². The lowest BCUT2D eigenvalue weighted by Crippen LogP contribution is -2.59. The number of aliphatic carboxylic acids is 1. The highest BCUT2D eigenvalue weighted by Crippen LogP contribution is 2.32. The first-order valence-corrected chi connectivity index (χ1v) is 6.99. The van der Waals surface area contributed by atoms with E-state index in [1.54, 1.807) is 4.90 Å². The molecule has 0 radical (unpaired) electrons. The Kier molecular flexibility index (Phi) is 3.22. The van der Waals surface area contributed by atoms with E-state index in [0.717, 1.165) is 18.5 Å². The molecule has 3 rings (SSSR count). The molecular weight excluding hydrogens is 256 g/mol. The lowest BCUT2D eigenvalue weighted by molar-refractivity contribution is -0.148. The van der Waals surface area contributed by atoms with Gasteiger partial charge in [0.05, 0.1) is 6.54 Å². The zero-order chi connectivity index (χ0) is 14.2. The molecule has 1 saturated carbocycles. The molecule has 0 bridgehead atoms. The Bertz CT molecular complexity index is 552. The molecule has 2 N–H and O–H groups in total. The molecule has 5 heteroatoms. The van der Waals surface area contributed by atoms with Gasteiger partial charge in [0.25, 0.3) is 0 Å². The number of fused-ring (bicyclic) bond motifs is 1. The van der Waals surface area contributed by atoms with Crippen LogP contribution < -0.4 is 10.2 Å². The average Bonchev–Trinajstić information content (AvgIpc) is 2.80. The van der Waals surface area contributed by atoms with Crippen LogP contribution in [-0.2, 0) is 16.0 Å². The summed E-state index contributed by atoms with van der Waals surface area (Å²) < 4.78 is 0. The quantitative estimate of drug-likeness (QED) is 0.865. The number of hydrogen-bond donors (Lipinski definition) is 2. The summed E-state index contributed by atoms with van der Waals surface area (Å²) in [6, 6.07) is 7.86. The highest BCUT2D eigenvalue weighted by molar-refractivity contribution is 5.97. The maximum atomic E-state index is 12.3. The first-order valence-electron chi connectivity index (χ1n) is 6.99. The van der Waals surface area contributed by atoms with Crippen LogP contribution in [0, 0.1) is 0 Å². The van der Waals surface area contributed by atoms with Crippen molar-refractivity contribution in [3.05, 3.63) is 29.8 Å². The molecule has 1 aliphatic heterocycles. The summed E-state index contributed by atoms with van der Waals surface area (Å²) in [5, 5.41) is 12.2. The fourth-order valence-corrected chi connectivity index (χ4v) is 2.93. The van der Waals surface area contributed by atoms with Gasteiger partial charge >= 0.3 is 5.97 Å². The molecule has 1 fully saturated rings. The molecule has 0 saturated heterocycles. The van der Waals surface area contributed by atoms with Crippen molar-refractivity contribution >= 4 is 17.6 Å². The third-order valence-electron chi connectivity index (χ3n) is 4.38. The number of nitrogens with one attached hydrogen (secondary N) is 1. The van der Waals surface area contributed by atoms with Crippen LogP contribution in [0.5, 0.6) is 0 Å². The maximum absolute atomic E-state index is 12.3. The minimum absolute atomic E-state index is 0.0533. The molecule has 2 aliphatic rings. The number of nitrogens with zero attached hydrogens (tertiary/aromatic N) is 1. The van der Waals surface area contributed by atoms with Gasteiger partial charge in [-0.3, -0.25) is 14.9 Å². The number of benzene rings is 1. The van der Waals surface area contributed by atoms with Crippen LogP contribution in [0.3, 0.4) is 0 Å². The normalized spacial score (nSPS) is 19.3. The second-order valence-electron chi connectivity index (χ2n) is 5.52. The molecule has 1 heterocycles. The summed E-state index contributed by atoms with van der Waals surface area (Å²) in [4.78, 5) is 25.3. The molecular formula is C15H18N2O3. The van der Waals surface area contributed by atoms with E-state index in [1.807, 2.05) is 24.3 Å². The molecule has 0 spiro atoms. The van der Waals surface area contributed by atoms with Gasteiger partial charge in [0.2, 0.25) is 5.91 Å². The van der Waals surface area contributed by atoms with Gasteiger partial charge in [-0.05, 0) is 37.3 Å². The van der Waals surface area contributed by atoms with Crippen LogP contribution in [0.1, 0.15) is 24.8 Å². The first-order chi connectivity index (χ1) is 9.62. The fourth-order valence-electron chi connectivity index (χ4n) is 2.93. The van der Waals surface area contributed by atoms with Crippen LogP contribution in [0.4, 0.5) is 5.69 Å². The summed E-state index contributed by atoms with van der Waals surface area (Å²) in [6.45, 7) is 0.764. The number of anilines is 1. The Morgan fingerprint density at radius 3 is 2.70 bits per heavy atom. The standard InChI is InChI=1S/C15H18N2O3/c18-13(10-16-15(14(19)20)7-3-8-15)17-9-6-11-4-1-2-5-12(11)17/h1-2,4-5,16H,3,6-10H2,(H,19,20). The van der Waals surface area contributed by atoms with Gasteiger partial charge in [0.1, 0.15) is 5.54 Å². The smallest absolute Gasteiger partial charge is 0.323 e. The molecule has 1 aliphatic carbocycles. The summed E-state index contributed by atoms with van der Waals surface area (Å²) in [5.41, 5.74) is 1.25. The predicted molar refractivity (Wildman–Crippen MR) is 74.7 cm³/mol. The third kappa shape index (κ3) is 2.08. The van der Waals surface area contributed by atoms with E-state index in [9.17, 15) is 14.7 Å². The SMILES string of the molecule is O=C(CNC1(C(=O)O)CCC1)N1CCc2ccccc21. The molecule has 1 amide bonds. The van der Waals surface area contributed by atoms with Gasteiger partial charge in [-0.25, -0.2) is 0 Å². The predicted octanol–water partition coefficient (Wildman–Crippen LogP) is 1.17. The van der Waals surface area contributed by atoms with Crippen molar-refractivity contribution in [2.24, 2.45) is 0 Å². The van der Waals surface area contributed by atoms with E-state index >= 15 is 0 Å². The second-order valence-corrected chi connectivity index (χ2v) is 5.52. The van der Waals surface area contributed by atoms with Crippen LogP contribution in [0.25, 0.3) is 0 Å². The number of carboxylic acids is 1. The molecule has 0 atom stereocenters. The first kappa shape index (κ1) is 13.1. The largest absolute Gasteiger partial charge is 0.480 e. The van der Waals surface area contributed by atoms with Gasteiger partial charge < -0.3 is 10.0 Å². The number of rotatable bonds is 4. The van der Waals surface area contributed by atoms with Gasteiger partial charge in [-0.15, -0.1) is 0 Å². The number of hydrogen-bond acceptors (Lipinski definition) is 3. The minimum atomic E-state index is -0.880. The lowest BCUT2D eigenvalue weighted by atomic mass is 9.77. The van der Waals surface area contributed by atoms with E-state index < -0.39 is 11.5 Å². The van der Waals surface area contributed by atoms with E-state index in [4.69, 9.17) is 0 Å². The van der Waals surface area contributed by atoms with E-state index in [-0.39, 0.29) is 12.5 Å². The number of carboxylic acid groups (broad SMARTS) is 1. The van der Waals surface area contributed by atoms with Crippen LogP contribution >= 0.6 is 0 Å². The van der Waals surface area contributed by atoms with E-state index in [1.165, 1.54) is 5.56 Å². The van der Waals surface area contributed by atoms with Crippen molar-refractivity contribution < 1.29 is 14.7 Å². The molecule has 1 aromatic carbocycles. The number of carbonyl (C=O) groups excluding carboxylic acids is 1. The Labute approximate surface area is 117 Å². The second kappa shape index (κ2) is 4.90. The third-order valence-corrected chi connectivity index (χ3v) is 4.38. The van der Waals surface area contributed by atoms with Crippen molar-refractivity contribution in [1.82, 2.24) is 5.32 Å². The Hall–Kier alpha value is -1.88. The van der Waals surface area contributed by atoms with Crippen LogP contribution in [0.15, 0.2) is 24.3 Å². The monoisotopic (exact) mass is 274 g/mol. The summed E-state index contributed by atoms with van der Waals surface area (Å²) >= 11 is 0. The summed E-state index contributed by atoms with van der Waals surface area (Å²) in [5.74, 6) is -0.902. The van der Waals surface area contributed by atoms with Gasteiger partial charge in [-0.1, -0.05) is 18.2 Å². The molecule has 106 valence electrons. The highest BCUT2D eigenvalue weighted by atomic mass is 16.4. The highest BCUT2D eigenvalue weighted by Gasteiger charge is 2.44. The molecule has 5 nitrogen and oxygen atoms in total. The van der Waals surface area contributed by atoms with Crippen molar-refractivity contribution in [2.75, 3.05) is 18.0 Å². The molecule has 0 unspecified atom stereocenters. The van der Waals surface area contributed by atoms with Crippen LogP contribution in [0.2, 0.25) is 0 Å². The molecule has 0 aromatic heterocycles. The number of amides is 1. The zero-order valence-electron chi connectivity index (χ0n) is 11.3. The van der Waals surface area contributed by atoms with Crippen molar-refractivity contribution in [2.45, 2.75) is 31.2 Å². The maximum Gasteiger partial charge on any atom is 0.323 e. The van der Waals surface area contributed by atoms with Gasteiger partial charge in [0, 0.05) is 12.2 Å². The fraction of sp³-hybridized carbons (Fsp3) is 0.467. The average molecular weight is 274 g/mol. The molecule has 1 aromatic rings. The van der Waals surface area contributed by atoms with Gasteiger partial charge in [-0.2, -0.15) is 0 Å².